The first-order valence-electron chi connectivity index (χ1n) is 8.33. The van der Waals surface area contributed by atoms with Crippen molar-refractivity contribution in [2.45, 2.75) is 13.8 Å². The number of aryl methyl sites for hydroxylation is 2. The third-order valence-electron chi connectivity index (χ3n) is 4.61. The highest BCUT2D eigenvalue weighted by atomic mass is 35.5. The first kappa shape index (κ1) is 16.9. The minimum absolute atomic E-state index is 0.0280. The van der Waals surface area contributed by atoms with E-state index < -0.39 is 0 Å². The quantitative estimate of drug-likeness (QED) is 0.782. The number of anilines is 1. The molecule has 0 N–H and O–H groups in total. The molecule has 1 saturated heterocycles. The normalized spacial score (nSPS) is 14.8. The molecule has 0 atom stereocenters. The topological polar surface area (TPSA) is 23.6 Å². The van der Waals surface area contributed by atoms with Crippen molar-refractivity contribution >= 4 is 36.5 Å². The smallest absolute Gasteiger partial charge is 0.255 e. The highest BCUT2D eigenvalue weighted by Gasteiger charge is 2.24. The van der Waals surface area contributed by atoms with Crippen molar-refractivity contribution in [3.05, 3.63) is 58.1 Å². The zero-order valence-corrected chi connectivity index (χ0v) is 15.2. The van der Waals surface area contributed by atoms with Crippen molar-refractivity contribution in [2.75, 3.05) is 31.1 Å². The van der Waals surface area contributed by atoms with E-state index in [1.807, 2.05) is 30.9 Å². The minimum Gasteiger partial charge on any atom is -0.368 e. The summed E-state index contributed by atoms with van der Waals surface area (Å²) in [4.78, 5) is 17.0. The van der Waals surface area contributed by atoms with Crippen LogP contribution in [0.15, 0.2) is 36.4 Å². The van der Waals surface area contributed by atoms with Crippen molar-refractivity contribution < 1.29 is 4.79 Å². The number of hydrogen-bond donors (Lipinski definition) is 0. The summed E-state index contributed by atoms with van der Waals surface area (Å²) in [5.41, 5.74) is 5.50. The molecular formula is C19H22BClN2O. The molecule has 3 nitrogen and oxygen atoms in total. The van der Waals surface area contributed by atoms with E-state index in [9.17, 15) is 4.79 Å². The summed E-state index contributed by atoms with van der Waals surface area (Å²) < 4.78 is 0. The van der Waals surface area contributed by atoms with E-state index in [-0.39, 0.29) is 5.91 Å². The Morgan fingerprint density at radius 3 is 2.38 bits per heavy atom. The molecule has 2 aromatic carbocycles. The van der Waals surface area contributed by atoms with Crippen LogP contribution in [0.1, 0.15) is 21.5 Å². The molecule has 24 heavy (non-hydrogen) atoms. The second kappa shape index (κ2) is 6.90. The lowest BCUT2D eigenvalue weighted by Crippen LogP contribution is -2.49. The Labute approximate surface area is 149 Å². The number of benzene rings is 2. The molecule has 1 aliphatic rings. The Morgan fingerprint density at radius 2 is 1.75 bits per heavy atom. The van der Waals surface area contributed by atoms with Crippen LogP contribution in [0.2, 0.25) is 5.02 Å². The van der Waals surface area contributed by atoms with Gasteiger partial charge in [-0.15, -0.1) is 0 Å². The number of amides is 1. The summed E-state index contributed by atoms with van der Waals surface area (Å²) in [6.45, 7) is 7.38. The number of hydrogen-bond acceptors (Lipinski definition) is 2. The van der Waals surface area contributed by atoms with Gasteiger partial charge in [-0.3, -0.25) is 4.79 Å². The summed E-state index contributed by atoms with van der Waals surface area (Å²) in [6.07, 6.45) is 0. The summed E-state index contributed by atoms with van der Waals surface area (Å²) in [5.74, 6) is 0.0280. The molecule has 0 unspecified atom stereocenters. The second-order valence-electron chi connectivity index (χ2n) is 6.55. The van der Waals surface area contributed by atoms with E-state index in [1.54, 1.807) is 0 Å². The lowest BCUT2D eigenvalue weighted by molar-refractivity contribution is 0.0747. The van der Waals surface area contributed by atoms with E-state index in [0.717, 1.165) is 31.6 Å². The van der Waals surface area contributed by atoms with Gasteiger partial charge in [0.1, 0.15) is 7.85 Å². The Balaban J connectivity index is 1.69. The van der Waals surface area contributed by atoms with E-state index >= 15 is 0 Å². The largest absolute Gasteiger partial charge is 0.368 e. The van der Waals surface area contributed by atoms with Gasteiger partial charge in [-0.1, -0.05) is 40.8 Å². The van der Waals surface area contributed by atoms with Gasteiger partial charge in [0.15, 0.2) is 0 Å². The predicted molar refractivity (Wildman–Crippen MR) is 104 cm³/mol. The second-order valence-corrected chi connectivity index (χ2v) is 6.96. The van der Waals surface area contributed by atoms with Crippen molar-refractivity contribution in [2.24, 2.45) is 0 Å². The van der Waals surface area contributed by atoms with E-state index in [2.05, 4.69) is 36.9 Å². The highest BCUT2D eigenvalue weighted by molar-refractivity contribution is 6.38. The highest BCUT2D eigenvalue weighted by Crippen LogP contribution is 2.23. The van der Waals surface area contributed by atoms with Gasteiger partial charge >= 0.3 is 0 Å². The number of nitrogens with zero attached hydrogens (tertiary/aromatic N) is 2. The lowest BCUT2D eigenvalue weighted by Gasteiger charge is -2.37. The number of carbonyl (C=O) groups excluding carboxylic acids is 1. The molecule has 0 saturated carbocycles. The Hall–Kier alpha value is -1.94. The average Bonchev–Trinajstić information content (AvgIpc) is 2.54. The van der Waals surface area contributed by atoms with Crippen LogP contribution in [-0.2, 0) is 0 Å². The number of piperazine rings is 1. The van der Waals surface area contributed by atoms with Crippen molar-refractivity contribution in [1.82, 2.24) is 4.90 Å². The molecule has 3 rings (SSSR count). The SMILES string of the molecule is Bc1ccc(C(=O)N2CCN(c3ccc(C)cc3C)CC2)c(Cl)c1. The standard InChI is InChI=1S/C19H22BClN2O/c1-13-3-6-18(14(2)11-13)22-7-9-23(10-8-22)19(24)16-5-4-15(20)12-17(16)21/h3-6,11-12H,7-10,20H2,1-2H3. The first-order chi connectivity index (χ1) is 11.5. The molecular weight excluding hydrogens is 318 g/mol. The monoisotopic (exact) mass is 340 g/mol. The molecule has 124 valence electrons. The van der Waals surface area contributed by atoms with Crippen molar-refractivity contribution in [1.29, 1.82) is 0 Å². The van der Waals surface area contributed by atoms with Crippen LogP contribution in [-0.4, -0.2) is 44.8 Å². The molecule has 1 amide bonds. The maximum Gasteiger partial charge on any atom is 0.255 e. The van der Waals surface area contributed by atoms with E-state index in [0.29, 0.717) is 10.6 Å². The molecule has 0 aromatic heterocycles. The Kier molecular flexibility index (Phi) is 4.86. The van der Waals surface area contributed by atoms with Crippen LogP contribution in [0.4, 0.5) is 5.69 Å². The van der Waals surface area contributed by atoms with Crippen LogP contribution < -0.4 is 10.4 Å². The molecule has 0 aliphatic carbocycles. The lowest BCUT2D eigenvalue weighted by atomic mass is 9.95. The summed E-state index contributed by atoms with van der Waals surface area (Å²) in [5, 5.41) is 0.539. The Bertz CT molecular complexity index is 770. The number of halogens is 1. The molecule has 0 bridgehead atoms. The van der Waals surface area contributed by atoms with Crippen LogP contribution in [0.5, 0.6) is 0 Å². The molecule has 2 aromatic rings. The van der Waals surface area contributed by atoms with Gasteiger partial charge in [-0.05, 0) is 37.6 Å². The van der Waals surface area contributed by atoms with E-state index in [4.69, 9.17) is 11.6 Å². The van der Waals surface area contributed by atoms with Crippen LogP contribution >= 0.6 is 11.6 Å². The van der Waals surface area contributed by atoms with Gasteiger partial charge < -0.3 is 9.80 Å². The molecule has 1 heterocycles. The number of carbonyl (C=O) groups is 1. The predicted octanol–water partition coefficient (Wildman–Crippen LogP) is 2.18. The maximum atomic E-state index is 12.7. The van der Waals surface area contributed by atoms with Gasteiger partial charge in [-0.2, -0.15) is 0 Å². The zero-order valence-electron chi connectivity index (χ0n) is 14.5. The summed E-state index contributed by atoms with van der Waals surface area (Å²) in [6, 6.07) is 12.1. The minimum atomic E-state index is 0.0280. The number of rotatable bonds is 2. The van der Waals surface area contributed by atoms with Crippen molar-refractivity contribution in [3.8, 4) is 0 Å². The maximum absolute atomic E-state index is 12.7. The van der Waals surface area contributed by atoms with Gasteiger partial charge in [0.05, 0.1) is 10.6 Å². The van der Waals surface area contributed by atoms with Gasteiger partial charge in [-0.25, -0.2) is 0 Å². The van der Waals surface area contributed by atoms with Crippen LogP contribution in [0.3, 0.4) is 0 Å². The zero-order chi connectivity index (χ0) is 17.3. The fraction of sp³-hybridized carbons (Fsp3) is 0.316. The van der Waals surface area contributed by atoms with Crippen LogP contribution in [0, 0.1) is 13.8 Å². The first-order valence-corrected chi connectivity index (χ1v) is 8.71. The van der Waals surface area contributed by atoms with E-state index in [1.165, 1.54) is 16.8 Å². The molecule has 1 fully saturated rings. The third-order valence-corrected chi connectivity index (χ3v) is 4.93. The molecule has 1 aliphatic heterocycles. The van der Waals surface area contributed by atoms with Crippen molar-refractivity contribution in [3.63, 3.8) is 0 Å². The average molecular weight is 341 g/mol. The molecule has 0 radical (unpaired) electrons. The summed E-state index contributed by atoms with van der Waals surface area (Å²) >= 11 is 6.25. The Morgan fingerprint density at radius 1 is 1.04 bits per heavy atom. The molecule has 5 heteroatoms. The fourth-order valence-electron chi connectivity index (χ4n) is 3.27. The van der Waals surface area contributed by atoms with Crippen LogP contribution in [0.25, 0.3) is 0 Å². The molecule has 0 spiro atoms. The summed E-state index contributed by atoms with van der Waals surface area (Å²) in [7, 11) is 1.98. The fourth-order valence-corrected chi connectivity index (χ4v) is 3.59. The van der Waals surface area contributed by atoms with Gasteiger partial charge in [0.2, 0.25) is 0 Å². The van der Waals surface area contributed by atoms with Gasteiger partial charge in [0.25, 0.3) is 5.91 Å². The van der Waals surface area contributed by atoms with Gasteiger partial charge in [0, 0.05) is 31.9 Å². The third kappa shape index (κ3) is 3.44.